The molecule has 0 radical (unpaired) electrons. The van der Waals surface area contributed by atoms with Crippen LogP contribution in [-0.4, -0.2) is 9.97 Å². The number of nitriles is 2. The van der Waals surface area contributed by atoms with E-state index >= 15 is 0 Å². The molecule has 2 aromatic heterocycles. The maximum Gasteiger partial charge on any atom is 0.141 e. The molecule has 2 aliphatic carbocycles. The normalized spacial score (nSPS) is 12.7. The van der Waals surface area contributed by atoms with Crippen LogP contribution < -0.4 is 0 Å². The van der Waals surface area contributed by atoms with Gasteiger partial charge in [-0.1, -0.05) is 146 Å². The second-order valence-electron chi connectivity index (χ2n) is 15.9. The number of benzene rings is 8. The fourth-order valence-electron chi connectivity index (χ4n) is 10.3. The summed E-state index contributed by atoms with van der Waals surface area (Å²) in [4.78, 5) is 8.38. The van der Waals surface area contributed by atoms with E-state index in [2.05, 4.69) is 180 Å². The van der Waals surface area contributed by atoms with E-state index in [9.17, 15) is 10.5 Å². The Morgan fingerprint density at radius 2 is 0.705 bits per heavy atom. The van der Waals surface area contributed by atoms with Crippen molar-refractivity contribution in [3.63, 3.8) is 0 Å². The molecule has 0 fully saturated rings. The lowest BCUT2D eigenvalue weighted by Gasteiger charge is -2.31. The quantitative estimate of drug-likeness (QED) is 0.179. The summed E-state index contributed by atoms with van der Waals surface area (Å²) in [6, 6.07) is 70.2. The highest BCUT2D eigenvalue weighted by Gasteiger charge is 2.53. The van der Waals surface area contributed by atoms with Gasteiger partial charge in [0.15, 0.2) is 0 Å². The van der Waals surface area contributed by atoms with Crippen LogP contribution in [0.2, 0.25) is 0 Å². The maximum atomic E-state index is 9.53. The van der Waals surface area contributed by atoms with Crippen molar-refractivity contribution >= 4 is 21.5 Å². The average Bonchev–Trinajstić information content (AvgIpc) is 3.81. The Bertz CT molecular complexity index is 3310. The van der Waals surface area contributed by atoms with Crippen molar-refractivity contribution < 1.29 is 0 Å². The zero-order chi connectivity index (χ0) is 40.7. The summed E-state index contributed by atoms with van der Waals surface area (Å²) in [5.41, 5.74) is 19.1. The van der Waals surface area contributed by atoms with Gasteiger partial charge in [-0.25, -0.2) is 9.97 Å². The van der Waals surface area contributed by atoms with Gasteiger partial charge in [0.2, 0.25) is 0 Å². The van der Waals surface area contributed by atoms with E-state index in [0.29, 0.717) is 11.4 Å². The number of hydrogen-bond donors (Lipinski definition) is 0. The third kappa shape index (κ3) is 4.97. The number of fused-ring (bicyclic) bond motifs is 14. The summed E-state index contributed by atoms with van der Waals surface area (Å²) in [5.74, 6) is 0. The molecule has 0 bridgehead atoms. The molecular formula is C57H32N4. The molecule has 12 rings (SSSR count). The molecule has 4 heteroatoms. The molecule has 0 unspecified atom stereocenters. The van der Waals surface area contributed by atoms with Gasteiger partial charge >= 0.3 is 0 Å². The molecule has 0 atom stereocenters. The molecule has 1 spiro atoms. The molecule has 0 saturated heterocycles. The Labute approximate surface area is 353 Å². The molecule has 0 N–H and O–H groups in total. The Morgan fingerprint density at radius 3 is 1.13 bits per heavy atom. The van der Waals surface area contributed by atoms with Crippen molar-refractivity contribution in [2.75, 3.05) is 0 Å². The predicted molar refractivity (Wildman–Crippen MR) is 245 cm³/mol. The second kappa shape index (κ2) is 13.3. The predicted octanol–water partition coefficient (Wildman–Crippen LogP) is 13.5. The average molecular weight is 773 g/mol. The molecule has 61 heavy (non-hydrogen) atoms. The number of rotatable bonds is 4. The lowest BCUT2D eigenvalue weighted by molar-refractivity contribution is 0.795. The molecule has 0 saturated carbocycles. The minimum Gasteiger partial charge on any atom is -0.246 e. The topological polar surface area (TPSA) is 73.4 Å². The van der Waals surface area contributed by atoms with Crippen LogP contribution in [0.5, 0.6) is 0 Å². The Balaban J connectivity index is 1.15. The molecular weight excluding hydrogens is 741 g/mol. The molecule has 4 nitrogen and oxygen atoms in total. The van der Waals surface area contributed by atoms with Gasteiger partial charge in [-0.05, 0) is 147 Å². The van der Waals surface area contributed by atoms with Crippen molar-refractivity contribution in [2.45, 2.75) is 5.41 Å². The van der Waals surface area contributed by atoms with Crippen LogP contribution in [0.3, 0.4) is 0 Å². The lowest BCUT2D eigenvalue weighted by Crippen LogP contribution is -2.26. The summed E-state index contributed by atoms with van der Waals surface area (Å²) < 4.78 is 0. The molecule has 2 heterocycles. The van der Waals surface area contributed by atoms with Crippen molar-refractivity contribution in [1.82, 2.24) is 9.97 Å². The SMILES string of the molecule is N#Cc1cc(-c2ccc(-c3cc4c(c5ccccc35)-c3c(cc(-c5ccc(-c6ccnc(C#N)c6)cc5)c5ccccc35)C43c4ccccc4-c4ccccc43)cc2)ccn1. The van der Waals surface area contributed by atoms with E-state index < -0.39 is 5.41 Å². The summed E-state index contributed by atoms with van der Waals surface area (Å²) in [5, 5.41) is 23.9. The maximum absolute atomic E-state index is 9.53. The van der Waals surface area contributed by atoms with Gasteiger partial charge in [0.25, 0.3) is 0 Å². The van der Waals surface area contributed by atoms with Crippen LogP contribution in [0, 0.1) is 22.7 Å². The smallest absolute Gasteiger partial charge is 0.141 e. The third-order valence-corrected chi connectivity index (χ3v) is 12.9. The number of pyridine rings is 2. The van der Waals surface area contributed by atoms with Crippen LogP contribution >= 0.6 is 0 Å². The Hall–Kier alpha value is -8.44. The highest BCUT2D eigenvalue weighted by atomic mass is 14.7. The Kier molecular flexibility index (Phi) is 7.54. The number of nitrogens with zero attached hydrogens (tertiary/aromatic N) is 4. The van der Waals surface area contributed by atoms with Crippen molar-refractivity contribution in [2.24, 2.45) is 0 Å². The van der Waals surface area contributed by atoms with Gasteiger partial charge in [0, 0.05) is 12.4 Å². The number of aromatic nitrogens is 2. The van der Waals surface area contributed by atoms with E-state index in [4.69, 9.17) is 0 Å². The first kappa shape index (κ1) is 34.6. The molecule has 280 valence electrons. The highest BCUT2D eigenvalue weighted by molar-refractivity contribution is 6.18. The van der Waals surface area contributed by atoms with Crippen LogP contribution in [0.1, 0.15) is 33.6 Å². The first-order valence-corrected chi connectivity index (χ1v) is 20.4. The van der Waals surface area contributed by atoms with Crippen molar-refractivity contribution in [1.29, 1.82) is 10.5 Å². The fourth-order valence-corrected chi connectivity index (χ4v) is 10.3. The van der Waals surface area contributed by atoms with E-state index in [-0.39, 0.29) is 0 Å². The van der Waals surface area contributed by atoms with Crippen LogP contribution in [0.15, 0.2) is 194 Å². The first-order valence-electron chi connectivity index (χ1n) is 20.4. The lowest BCUT2D eigenvalue weighted by atomic mass is 9.69. The summed E-state index contributed by atoms with van der Waals surface area (Å²) in [7, 11) is 0. The minimum absolute atomic E-state index is 0.404. The van der Waals surface area contributed by atoms with Gasteiger partial charge in [0.05, 0.1) is 5.41 Å². The van der Waals surface area contributed by atoms with Crippen LogP contribution in [0.4, 0.5) is 0 Å². The monoisotopic (exact) mass is 772 g/mol. The van der Waals surface area contributed by atoms with E-state index in [1.54, 1.807) is 12.4 Å². The van der Waals surface area contributed by atoms with Crippen LogP contribution in [-0.2, 0) is 5.41 Å². The van der Waals surface area contributed by atoms with Gasteiger partial charge in [-0.2, -0.15) is 10.5 Å². The van der Waals surface area contributed by atoms with Gasteiger partial charge in [0.1, 0.15) is 23.5 Å². The second-order valence-corrected chi connectivity index (χ2v) is 15.9. The number of hydrogen-bond acceptors (Lipinski definition) is 4. The van der Waals surface area contributed by atoms with Crippen molar-refractivity contribution in [3.8, 4) is 78.9 Å². The largest absolute Gasteiger partial charge is 0.246 e. The van der Waals surface area contributed by atoms with E-state index in [1.807, 2.05) is 24.3 Å². The summed E-state index contributed by atoms with van der Waals surface area (Å²) >= 11 is 0. The zero-order valence-corrected chi connectivity index (χ0v) is 32.8. The van der Waals surface area contributed by atoms with Gasteiger partial charge in [-0.3, -0.25) is 0 Å². The third-order valence-electron chi connectivity index (χ3n) is 12.9. The molecule has 8 aromatic carbocycles. The fraction of sp³-hybridized carbons (Fsp3) is 0.0175. The van der Waals surface area contributed by atoms with Crippen LogP contribution in [0.25, 0.3) is 88.3 Å². The Morgan fingerprint density at radius 1 is 0.328 bits per heavy atom. The van der Waals surface area contributed by atoms with E-state index in [0.717, 1.165) is 33.4 Å². The highest BCUT2D eigenvalue weighted by Crippen LogP contribution is 2.66. The summed E-state index contributed by atoms with van der Waals surface area (Å²) in [6.07, 6.45) is 3.40. The summed E-state index contributed by atoms with van der Waals surface area (Å²) in [6.45, 7) is 0. The van der Waals surface area contributed by atoms with Crippen molar-refractivity contribution in [3.05, 3.63) is 228 Å². The minimum atomic E-state index is -0.592. The molecule has 0 aliphatic heterocycles. The molecule has 10 aromatic rings. The first-order chi connectivity index (χ1) is 30.1. The zero-order valence-electron chi connectivity index (χ0n) is 32.8. The molecule has 0 amide bonds. The standard InChI is InChI=1S/C57H32N4/c58-33-41-29-39(25-27-60-41)35-17-21-37(22-18-35)49-31-53-55(47-13-3-1-9-43(47)49)56-48-14-4-2-10-44(48)50(38-23-19-36(20-24-38)40-26-28-61-42(30-40)34-59)32-54(56)57(53)51-15-7-5-11-45(51)46-12-6-8-16-52(46)57/h1-32H. The van der Waals surface area contributed by atoms with E-state index in [1.165, 1.54) is 77.2 Å². The van der Waals surface area contributed by atoms with Gasteiger partial charge in [-0.15, -0.1) is 0 Å². The molecule has 2 aliphatic rings. The van der Waals surface area contributed by atoms with Gasteiger partial charge < -0.3 is 0 Å².